The maximum Gasteiger partial charge on any atom is 0.324 e. The van der Waals surface area contributed by atoms with Crippen LogP contribution >= 0.6 is 11.3 Å². The molecule has 1 aliphatic heterocycles. The van der Waals surface area contributed by atoms with Crippen LogP contribution in [0.3, 0.4) is 0 Å². The fraction of sp³-hybridized carbons (Fsp3) is 0.769. The SMILES string of the molecule is CCc1nnc(NC(=O)N2CCOC[C@@H]2CC(C)C)s1. The predicted octanol–water partition coefficient (Wildman–Crippen LogP) is 2.38. The normalized spacial score (nSPS) is 19.4. The van der Waals surface area contributed by atoms with Gasteiger partial charge >= 0.3 is 6.03 Å². The molecule has 2 amide bonds. The van der Waals surface area contributed by atoms with Crippen molar-refractivity contribution in [2.45, 2.75) is 39.7 Å². The van der Waals surface area contributed by atoms with Gasteiger partial charge in [0.05, 0.1) is 19.3 Å². The molecule has 2 heterocycles. The highest BCUT2D eigenvalue weighted by Gasteiger charge is 2.28. The first-order valence-corrected chi connectivity index (χ1v) is 7.89. The monoisotopic (exact) mass is 298 g/mol. The number of urea groups is 1. The van der Waals surface area contributed by atoms with Crippen molar-refractivity contribution in [2.75, 3.05) is 25.1 Å². The molecule has 0 bridgehead atoms. The molecule has 1 atom stereocenters. The molecule has 1 aromatic rings. The average molecular weight is 298 g/mol. The number of nitrogens with zero attached hydrogens (tertiary/aromatic N) is 3. The lowest BCUT2D eigenvalue weighted by Gasteiger charge is -2.36. The lowest BCUT2D eigenvalue weighted by Crippen LogP contribution is -2.50. The van der Waals surface area contributed by atoms with Gasteiger partial charge in [0.25, 0.3) is 0 Å². The van der Waals surface area contributed by atoms with Crippen molar-refractivity contribution >= 4 is 22.5 Å². The summed E-state index contributed by atoms with van der Waals surface area (Å²) in [5.41, 5.74) is 0. The molecular weight excluding hydrogens is 276 g/mol. The quantitative estimate of drug-likeness (QED) is 0.926. The molecule has 1 N–H and O–H groups in total. The largest absolute Gasteiger partial charge is 0.377 e. The number of anilines is 1. The van der Waals surface area contributed by atoms with Crippen molar-refractivity contribution < 1.29 is 9.53 Å². The molecule has 1 saturated heterocycles. The minimum Gasteiger partial charge on any atom is -0.377 e. The molecular formula is C13H22N4O2S. The van der Waals surface area contributed by atoms with E-state index in [0.29, 0.717) is 30.8 Å². The second-order valence-corrected chi connectivity index (χ2v) is 6.40. The van der Waals surface area contributed by atoms with E-state index in [1.807, 2.05) is 11.8 Å². The molecule has 0 saturated carbocycles. The maximum atomic E-state index is 12.4. The fourth-order valence-electron chi connectivity index (χ4n) is 2.27. The highest BCUT2D eigenvalue weighted by molar-refractivity contribution is 7.15. The van der Waals surface area contributed by atoms with Crippen LogP contribution in [0.25, 0.3) is 0 Å². The number of aryl methyl sites for hydroxylation is 1. The molecule has 1 aliphatic rings. The summed E-state index contributed by atoms with van der Waals surface area (Å²) in [7, 11) is 0. The Labute approximate surface area is 123 Å². The van der Waals surface area contributed by atoms with E-state index in [2.05, 4.69) is 29.4 Å². The van der Waals surface area contributed by atoms with Crippen LogP contribution in [0.5, 0.6) is 0 Å². The van der Waals surface area contributed by atoms with E-state index in [4.69, 9.17) is 4.74 Å². The summed E-state index contributed by atoms with van der Waals surface area (Å²) in [6, 6.07) is 0.0417. The summed E-state index contributed by atoms with van der Waals surface area (Å²) in [6.07, 6.45) is 1.78. The van der Waals surface area contributed by atoms with Crippen molar-refractivity contribution in [3.63, 3.8) is 0 Å². The molecule has 7 heteroatoms. The number of hydrogen-bond donors (Lipinski definition) is 1. The van der Waals surface area contributed by atoms with Crippen LogP contribution < -0.4 is 5.32 Å². The molecule has 2 rings (SSSR count). The first-order chi connectivity index (χ1) is 9.60. The van der Waals surface area contributed by atoms with Gasteiger partial charge in [-0.05, 0) is 18.8 Å². The summed E-state index contributed by atoms with van der Waals surface area (Å²) in [4.78, 5) is 14.2. The van der Waals surface area contributed by atoms with Crippen molar-refractivity contribution in [1.82, 2.24) is 15.1 Å². The summed E-state index contributed by atoms with van der Waals surface area (Å²) in [5, 5.41) is 12.3. The zero-order valence-corrected chi connectivity index (χ0v) is 13.1. The van der Waals surface area contributed by atoms with Gasteiger partial charge < -0.3 is 9.64 Å². The van der Waals surface area contributed by atoms with Gasteiger partial charge in [-0.25, -0.2) is 4.79 Å². The van der Waals surface area contributed by atoms with Gasteiger partial charge in [-0.1, -0.05) is 32.1 Å². The Morgan fingerprint density at radius 1 is 1.55 bits per heavy atom. The molecule has 6 nitrogen and oxygen atoms in total. The van der Waals surface area contributed by atoms with E-state index in [1.54, 1.807) is 0 Å². The first kappa shape index (κ1) is 15.2. The van der Waals surface area contributed by atoms with Crippen molar-refractivity contribution in [2.24, 2.45) is 5.92 Å². The van der Waals surface area contributed by atoms with Gasteiger partial charge in [0.2, 0.25) is 5.13 Å². The molecule has 0 unspecified atom stereocenters. The summed E-state index contributed by atoms with van der Waals surface area (Å²) < 4.78 is 5.49. The number of carbonyl (C=O) groups is 1. The van der Waals surface area contributed by atoms with E-state index in [9.17, 15) is 4.79 Å². The van der Waals surface area contributed by atoms with Crippen LogP contribution in [0.1, 0.15) is 32.2 Å². The number of amides is 2. The van der Waals surface area contributed by atoms with Crippen LogP contribution in [0.4, 0.5) is 9.93 Å². The third-order valence-corrected chi connectivity index (χ3v) is 4.20. The van der Waals surface area contributed by atoms with Crippen molar-refractivity contribution in [3.8, 4) is 0 Å². The molecule has 0 spiro atoms. The molecule has 112 valence electrons. The van der Waals surface area contributed by atoms with Gasteiger partial charge in [0.1, 0.15) is 5.01 Å². The zero-order valence-electron chi connectivity index (χ0n) is 12.3. The minimum atomic E-state index is -0.0993. The van der Waals surface area contributed by atoms with E-state index in [0.717, 1.165) is 17.8 Å². The number of ether oxygens (including phenoxy) is 1. The Kier molecular flexibility index (Phi) is 5.31. The topological polar surface area (TPSA) is 67.4 Å². The van der Waals surface area contributed by atoms with Gasteiger partial charge in [0, 0.05) is 6.54 Å². The molecule has 0 aliphatic carbocycles. The molecule has 1 aromatic heterocycles. The smallest absolute Gasteiger partial charge is 0.324 e. The Balaban J connectivity index is 1.98. The average Bonchev–Trinajstić information content (AvgIpc) is 2.86. The standard InChI is InChI=1S/C13H22N4O2S/c1-4-11-15-16-12(20-11)14-13(18)17-5-6-19-8-10(17)7-9(2)3/h9-10H,4-8H2,1-3H3,(H,14,16,18)/t10-/m0/s1. The third-order valence-electron chi connectivity index (χ3n) is 3.22. The Hall–Kier alpha value is -1.21. The van der Waals surface area contributed by atoms with Crippen LogP contribution in [-0.2, 0) is 11.2 Å². The summed E-state index contributed by atoms with van der Waals surface area (Å²) in [5.74, 6) is 0.533. The van der Waals surface area contributed by atoms with Crippen LogP contribution in [0, 0.1) is 5.92 Å². The predicted molar refractivity (Wildman–Crippen MR) is 79.1 cm³/mol. The van der Waals surface area contributed by atoms with Crippen LogP contribution in [0.2, 0.25) is 0 Å². The second-order valence-electron chi connectivity index (χ2n) is 5.34. The lowest BCUT2D eigenvalue weighted by atomic mass is 10.0. The van der Waals surface area contributed by atoms with E-state index < -0.39 is 0 Å². The maximum absolute atomic E-state index is 12.4. The molecule has 20 heavy (non-hydrogen) atoms. The Morgan fingerprint density at radius 2 is 2.35 bits per heavy atom. The number of nitrogens with one attached hydrogen (secondary N) is 1. The molecule has 0 radical (unpaired) electrons. The zero-order chi connectivity index (χ0) is 14.5. The first-order valence-electron chi connectivity index (χ1n) is 7.08. The highest BCUT2D eigenvalue weighted by Crippen LogP contribution is 2.19. The molecule has 1 fully saturated rings. The van der Waals surface area contributed by atoms with Crippen molar-refractivity contribution in [3.05, 3.63) is 5.01 Å². The number of morpholine rings is 1. The summed E-state index contributed by atoms with van der Waals surface area (Å²) >= 11 is 1.43. The van der Waals surface area contributed by atoms with E-state index >= 15 is 0 Å². The minimum absolute atomic E-state index is 0.0993. The van der Waals surface area contributed by atoms with Crippen LogP contribution in [0.15, 0.2) is 0 Å². The van der Waals surface area contributed by atoms with Gasteiger partial charge in [-0.2, -0.15) is 0 Å². The number of carbonyl (C=O) groups excluding carboxylic acids is 1. The highest BCUT2D eigenvalue weighted by atomic mass is 32.1. The number of hydrogen-bond acceptors (Lipinski definition) is 5. The van der Waals surface area contributed by atoms with Gasteiger partial charge in [-0.3, -0.25) is 5.32 Å². The Morgan fingerprint density at radius 3 is 3.00 bits per heavy atom. The van der Waals surface area contributed by atoms with E-state index in [-0.39, 0.29) is 12.1 Å². The van der Waals surface area contributed by atoms with Crippen molar-refractivity contribution in [1.29, 1.82) is 0 Å². The fourth-order valence-corrected chi connectivity index (χ4v) is 2.94. The summed E-state index contributed by atoms with van der Waals surface area (Å²) in [6.45, 7) is 8.17. The van der Waals surface area contributed by atoms with E-state index in [1.165, 1.54) is 11.3 Å². The Bertz CT molecular complexity index is 449. The third kappa shape index (κ3) is 3.89. The van der Waals surface area contributed by atoms with Crippen LogP contribution in [-0.4, -0.2) is 46.9 Å². The lowest BCUT2D eigenvalue weighted by molar-refractivity contribution is 0.00857. The second kappa shape index (κ2) is 6.99. The number of aromatic nitrogens is 2. The molecule has 0 aromatic carbocycles. The number of rotatable bonds is 4. The van der Waals surface area contributed by atoms with Gasteiger partial charge in [0.15, 0.2) is 0 Å². The van der Waals surface area contributed by atoms with Gasteiger partial charge in [-0.15, -0.1) is 10.2 Å².